The Morgan fingerprint density at radius 2 is 1.87 bits per heavy atom. The van der Waals surface area contributed by atoms with Crippen LogP contribution in [-0.4, -0.2) is 29.9 Å². The summed E-state index contributed by atoms with van der Waals surface area (Å²) in [4.78, 5) is 11.0. The molecule has 0 atom stereocenters. The fraction of sp³-hybridized carbons (Fsp3) is 0.300. The van der Waals surface area contributed by atoms with Gasteiger partial charge in [0.2, 0.25) is 0 Å². The Bertz CT molecular complexity index is 349. The number of aromatic hydroxyl groups is 2. The van der Waals surface area contributed by atoms with E-state index in [9.17, 15) is 15.0 Å². The highest BCUT2D eigenvalue weighted by Gasteiger charge is 2.14. The molecule has 15 heavy (non-hydrogen) atoms. The molecule has 0 aliphatic heterocycles. The number of hydrogen-bond acceptors (Lipinski definition) is 5. The average molecular weight is 212 g/mol. The summed E-state index contributed by atoms with van der Waals surface area (Å²) in [5.74, 6) is -0.803. The van der Waals surface area contributed by atoms with E-state index < -0.39 is 5.78 Å². The third kappa shape index (κ3) is 2.60. The Hall–Kier alpha value is -1.75. The molecule has 1 rings (SSSR count). The van der Waals surface area contributed by atoms with Crippen molar-refractivity contribution in [1.29, 1.82) is 0 Å². The van der Waals surface area contributed by atoms with Crippen molar-refractivity contribution in [2.24, 2.45) is 0 Å². The number of methoxy groups -OCH3 is 1. The Balaban J connectivity index is 3.03. The maximum Gasteiger partial charge on any atom is 0.188 e. The van der Waals surface area contributed by atoms with Crippen molar-refractivity contribution >= 4 is 5.78 Å². The van der Waals surface area contributed by atoms with Crippen LogP contribution in [0.4, 0.5) is 0 Å². The molecule has 0 spiro atoms. The van der Waals surface area contributed by atoms with Crippen LogP contribution in [0.15, 0.2) is 12.1 Å². The molecule has 0 saturated carbocycles. The second kappa shape index (κ2) is 4.65. The lowest BCUT2D eigenvalue weighted by molar-refractivity contribution is 0.0508. The monoisotopic (exact) mass is 212 g/mol. The van der Waals surface area contributed by atoms with Crippen LogP contribution in [0.5, 0.6) is 17.2 Å². The van der Waals surface area contributed by atoms with E-state index in [1.807, 2.05) is 0 Å². The Morgan fingerprint density at radius 3 is 2.27 bits per heavy atom. The van der Waals surface area contributed by atoms with Crippen LogP contribution >= 0.6 is 0 Å². The van der Waals surface area contributed by atoms with Gasteiger partial charge in [0.15, 0.2) is 12.6 Å². The van der Waals surface area contributed by atoms with E-state index in [4.69, 9.17) is 4.74 Å². The molecule has 0 radical (unpaired) electrons. The molecule has 0 aromatic heterocycles. The van der Waals surface area contributed by atoms with E-state index >= 15 is 0 Å². The quantitative estimate of drug-likeness (QED) is 0.580. The lowest BCUT2D eigenvalue weighted by Gasteiger charge is -2.08. The van der Waals surface area contributed by atoms with Crippen LogP contribution in [0.25, 0.3) is 0 Å². The highest BCUT2D eigenvalue weighted by Crippen LogP contribution is 2.32. The number of Topliss-reactive ketones (excluding diaryl/α,β-unsaturated/α-hetero) is 1. The van der Waals surface area contributed by atoms with Crippen LogP contribution in [0.1, 0.15) is 17.3 Å². The number of phenolic OH excluding ortho intramolecular Hbond substituents is 2. The van der Waals surface area contributed by atoms with Gasteiger partial charge in [0, 0.05) is 19.2 Å². The van der Waals surface area contributed by atoms with E-state index in [0.29, 0.717) is 0 Å². The molecule has 0 aliphatic rings. The number of carbonyl (C=O) groups excluding carboxylic acids is 1. The summed E-state index contributed by atoms with van der Waals surface area (Å²) in [6, 6.07) is 2.49. The molecular weight excluding hydrogens is 200 g/mol. The predicted molar refractivity (Wildman–Crippen MR) is 52.3 cm³/mol. The summed E-state index contributed by atoms with van der Waals surface area (Å²) in [5.41, 5.74) is -0.111. The standard InChI is InChI=1S/C10H12O5/c1-6(11)10-8(12)3-7(4-9(10)13)15-5-14-2/h3-4,12-13H,5H2,1-2H3. The molecule has 5 heteroatoms. The van der Waals surface area contributed by atoms with Crippen molar-refractivity contribution in [3.05, 3.63) is 17.7 Å². The summed E-state index contributed by atoms with van der Waals surface area (Å²) in [5, 5.41) is 18.9. The van der Waals surface area contributed by atoms with E-state index in [0.717, 1.165) is 0 Å². The molecule has 5 nitrogen and oxygen atoms in total. The third-order valence-corrected chi connectivity index (χ3v) is 1.77. The van der Waals surface area contributed by atoms with E-state index in [1.165, 1.54) is 26.2 Å². The SMILES string of the molecule is COCOc1cc(O)c(C(C)=O)c(O)c1. The van der Waals surface area contributed by atoms with Gasteiger partial charge in [-0.15, -0.1) is 0 Å². The van der Waals surface area contributed by atoms with Crippen LogP contribution in [-0.2, 0) is 4.74 Å². The number of hydrogen-bond donors (Lipinski definition) is 2. The van der Waals surface area contributed by atoms with Gasteiger partial charge in [-0.3, -0.25) is 4.79 Å². The fourth-order valence-corrected chi connectivity index (χ4v) is 1.16. The lowest BCUT2D eigenvalue weighted by atomic mass is 10.1. The highest BCUT2D eigenvalue weighted by molar-refractivity contribution is 5.99. The summed E-state index contributed by atoms with van der Waals surface area (Å²) in [6.45, 7) is 1.25. The van der Waals surface area contributed by atoms with Gasteiger partial charge < -0.3 is 19.7 Å². The van der Waals surface area contributed by atoms with Crippen LogP contribution < -0.4 is 4.74 Å². The van der Waals surface area contributed by atoms with Gasteiger partial charge in [0.1, 0.15) is 22.8 Å². The molecule has 0 unspecified atom stereocenters. The predicted octanol–water partition coefficient (Wildman–Crippen LogP) is 1.28. The van der Waals surface area contributed by atoms with Crippen LogP contribution in [0.2, 0.25) is 0 Å². The minimum atomic E-state index is -0.414. The first-order valence-corrected chi connectivity index (χ1v) is 4.25. The number of benzene rings is 1. The smallest absolute Gasteiger partial charge is 0.188 e. The van der Waals surface area contributed by atoms with Crippen molar-refractivity contribution < 1.29 is 24.5 Å². The van der Waals surface area contributed by atoms with E-state index in [-0.39, 0.29) is 29.6 Å². The number of rotatable bonds is 4. The first kappa shape index (κ1) is 11.3. The zero-order valence-electron chi connectivity index (χ0n) is 8.48. The number of ketones is 1. The normalized spacial score (nSPS) is 10.0. The number of ether oxygens (including phenoxy) is 2. The van der Waals surface area contributed by atoms with Crippen molar-refractivity contribution in [1.82, 2.24) is 0 Å². The average Bonchev–Trinajstić information content (AvgIpc) is 2.12. The van der Waals surface area contributed by atoms with Gasteiger partial charge in [-0.05, 0) is 6.92 Å². The molecule has 1 aromatic rings. The topological polar surface area (TPSA) is 76.0 Å². The zero-order chi connectivity index (χ0) is 11.4. The molecule has 0 fully saturated rings. The molecule has 0 bridgehead atoms. The maximum absolute atomic E-state index is 11.0. The summed E-state index contributed by atoms with van der Waals surface area (Å²) in [6.07, 6.45) is 0. The second-order valence-corrected chi connectivity index (χ2v) is 2.94. The molecule has 82 valence electrons. The number of phenols is 2. The van der Waals surface area contributed by atoms with E-state index in [2.05, 4.69) is 4.74 Å². The summed E-state index contributed by atoms with van der Waals surface area (Å²) >= 11 is 0. The van der Waals surface area contributed by atoms with Gasteiger partial charge >= 0.3 is 0 Å². The second-order valence-electron chi connectivity index (χ2n) is 2.94. The molecule has 0 amide bonds. The number of carbonyl (C=O) groups is 1. The molecule has 0 heterocycles. The molecule has 0 aliphatic carbocycles. The molecular formula is C10H12O5. The van der Waals surface area contributed by atoms with Crippen molar-refractivity contribution in [2.75, 3.05) is 13.9 Å². The minimum absolute atomic E-state index is 0.00169. The first-order valence-electron chi connectivity index (χ1n) is 4.25. The van der Waals surface area contributed by atoms with Gasteiger partial charge in [-0.1, -0.05) is 0 Å². The van der Waals surface area contributed by atoms with Crippen molar-refractivity contribution in [3.63, 3.8) is 0 Å². The van der Waals surface area contributed by atoms with Gasteiger partial charge in [-0.25, -0.2) is 0 Å². The van der Waals surface area contributed by atoms with E-state index in [1.54, 1.807) is 0 Å². The van der Waals surface area contributed by atoms with Gasteiger partial charge in [0.05, 0.1) is 0 Å². The Morgan fingerprint density at radius 1 is 1.33 bits per heavy atom. The fourth-order valence-electron chi connectivity index (χ4n) is 1.16. The van der Waals surface area contributed by atoms with Crippen LogP contribution in [0, 0.1) is 0 Å². The third-order valence-electron chi connectivity index (χ3n) is 1.77. The van der Waals surface area contributed by atoms with Gasteiger partial charge in [-0.2, -0.15) is 0 Å². The highest BCUT2D eigenvalue weighted by atomic mass is 16.7. The summed E-state index contributed by atoms with van der Waals surface area (Å²) in [7, 11) is 1.45. The molecule has 2 N–H and O–H groups in total. The Labute approximate surface area is 86.9 Å². The van der Waals surface area contributed by atoms with Crippen LogP contribution in [0.3, 0.4) is 0 Å². The van der Waals surface area contributed by atoms with Gasteiger partial charge in [0.25, 0.3) is 0 Å². The van der Waals surface area contributed by atoms with Crippen molar-refractivity contribution in [3.8, 4) is 17.2 Å². The first-order chi connectivity index (χ1) is 7.06. The zero-order valence-corrected chi connectivity index (χ0v) is 8.48. The minimum Gasteiger partial charge on any atom is -0.507 e. The lowest BCUT2D eigenvalue weighted by Crippen LogP contribution is -2.00. The Kier molecular flexibility index (Phi) is 3.51. The summed E-state index contributed by atoms with van der Waals surface area (Å²) < 4.78 is 9.65. The van der Waals surface area contributed by atoms with Crippen molar-refractivity contribution in [2.45, 2.75) is 6.92 Å². The molecule has 0 saturated heterocycles. The molecule has 1 aromatic carbocycles. The maximum atomic E-state index is 11.0. The largest absolute Gasteiger partial charge is 0.507 e.